The Balaban J connectivity index is 2.65. The van der Waals surface area contributed by atoms with Gasteiger partial charge >= 0.3 is 0 Å². The number of thioether (sulfide) groups is 1. The summed E-state index contributed by atoms with van der Waals surface area (Å²) in [6.45, 7) is 0. The number of nitrogens with two attached hydrogens (primary N) is 1. The minimum atomic E-state index is 0.0151. The number of fused-ring (bicyclic) bond motifs is 1. The Labute approximate surface area is 114 Å². The first-order valence-electron chi connectivity index (χ1n) is 5.45. The Hall–Kier alpha value is -0.390. The van der Waals surface area contributed by atoms with Crippen LogP contribution in [0.3, 0.4) is 0 Å². The van der Waals surface area contributed by atoms with Gasteiger partial charge in [0.05, 0.1) is 18.7 Å². The van der Waals surface area contributed by atoms with Gasteiger partial charge in [-0.3, -0.25) is 0 Å². The first kappa shape index (κ1) is 13.1. The van der Waals surface area contributed by atoms with Crippen LogP contribution in [0.4, 0.5) is 0 Å². The van der Waals surface area contributed by atoms with Crippen molar-refractivity contribution in [3.8, 4) is 11.5 Å². The minimum Gasteiger partial charge on any atom is -0.496 e. The summed E-state index contributed by atoms with van der Waals surface area (Å²) in [5, 5.41) is 0. The molecule has 0 spiro atoms. The van der Waals surface area contributed by atoms with Gasteiger partial charge in [-0.05, 0) is 34.2 Å². The second-order valence-electron chi connectivity index (χ2n) is 3.93. The summed E-state index contributed by atoms with van der Waals surface area (Å²) in [4.78, 5) is 0. The smallest absolute Gasteiger partial charge is 0.138 e. The van der Waals surface area contributed by atoms with Crippen LogP contribution in [-0.2, 0) is 5.75 Å². The zero-order valence-corrected chi connectivity index (χ0v) is 12.4. The van der Waals surface area contributed by atoms with E-state index in [1.165, 1.54) is 5.56 Å². The lowest BCUT2D eigenvalue weighted by Gasteiger charge is -2.20. The minimum absolute atomic E-state index is 0.0151. The topological polar surface area (TPSA) is 44.5 Å². The van der Waals surface area contributed by atoms with Crippen molar-refractivity contribution in [2.24, 2.45) is 5.73 Å². The molecule has 1 heterocycles. The predicted octanol–water partition coefficient (Wildman–Crippen LogP) is 3.10. The maximum atomic E-state index is 6.25. The van der Waals surface area contributed by atoms with Crippen molar-refractivity contribution in [1.29, 1.82) is 0 Å². The monoisotopic (exact) mass is 317 g/mol. The van der Waals surface area contributed by atoms with Crippen molar-refractivity contribution in [3.05, 3.63) is 21.7 Å². The molecule has 1 aromatic rings. The van der Waals surface area contributed by atoms with Gasteiger partial charge in [0.1, 0.15) is 11.5 Å². The van der Waals surface area contributed by atoms with Crippen molar-refractivity contribution < 1.29 is 9.47 Å². The maximum Gasteiger partial charge on any atom is 0.138 e. The van der Waals surface area contributed by atoms with E-state index in [-0.39, 0.29) is 6.04 Å². The quantitative estimate of drug-likeness (QED) is 0.910. The Morgan fingerprint density at radius 3 is 2.82 bits per heavy atom. The van der Waals surface area contributed by atoms with Crippen molar-refractivity contribution in [3.63, 3.8) is 0 Å². The standard InChI is InChI=1S/C12H16BrNO2S/c1-15-10-5-8(13)12(16-2)11-7(10)6-17-4-3-9(11)14/h5,9H,3-4,6,14H2,1-2H3. The Kier molecular flexibility index (Phi) is 4.22. The van der Waals surface area contributed by atoms with E-state index in [9.17, 15) is 0 Å². The van der Waals surface area contributed by atoms with E-state index < -0.39 is 0 Å². The lowest BCUT2D eigenvalue weighted by atomic mass is 9.98. The first-order chi connectivity index (χ1) is 8.19. The molecule has 0 bridgehead atoms. The third-order valence-corrected chi connectivity index (χ3v) is 4.56. The van der Waals surface area contributed by atoms with E-state index in [4.69, 9.17) is 15.2 Å². The average Bonchev–Trinajstić information content (AvgIpc) is 2.51. The molecule has 2 rings (SSSR count). The predicted molar refractivity (Wildman–Crippen MR) is 75.0 cm³/mol. The lowest BCUT2D eigenvalue weighted by molar-refractivity contribution is 0.389. The molecule has 0 saturated heterocycles. The molecule has 1 aliphatic rings. The van der Waals surface area contributed by atoms with Crippen LogP contribution in [0.1, 0.15) is 23.6 Å². The highest BCUT2D eigenvalue weighted by Gasteiger charge is 2.25. The van der Waals surface area contributed by atoms with Gasteiger partial charge in [-0.25, -0.2) is 0 Å². The number of methoxy groups -OCH3 is 2. The van der Waals surface area contributed by atoms with Crippen LogP contribution in [0.5, 0.6) is 11.5 Å². The second-order valence-corrected chi connectivity index (χ2v) is 5.89. The van der Waals surface area contributed by atoms with Crippen LogP contribution in [0.25, 0.3) is 0 Å². The summed E-state index contributed by atoms with van der Waals surface area (Å²) in [5.41, 5.74) is 8.50. The molecule has 1 aliphatic heterocycles. The number of rotatable bonds is 2. The molecule has 5 heteroatoms. The summed E-state index contributed by atoms with van der Waals surface area (Å²) in [6, 6.07) is 1.97. The number of ether oxygens (including phenoxy) is 2. The van der Waals surface area contributed by atoms with Crippen LogP contribution in [0.2, 0.25) is 0 Å². The van der Waals surface area contributed by atoms with E-state index in [2.05, 4.69) is 15.9 Å². The number of benzene rings is 1. The molecule has 0 amide bonds. The molecule has 17 heavy (non-hydrogen) atoms. The van der Waals surface area contributed by atoms with Crippen LogP contribution in [0, 0.1) is 0 Å². The van der Waals surface area contributed by atoms with Gasteiger partial charge < -0.3 is 15.2 Å². The van der Waals surface area contributed by atoms with Crippen molar-refractivity contribution in [2.45, 2.75) is 18.2 Å². The lowest BCUT2D eigenvalue weighted by Crippen LogP contribution is -2.14. The van der Waals surface area contributed by atoms with Crippen molar-refractivity contribution in [2.75, 3.05) is 20.0 Å². The molecule has 0 saturated carbocycles. The summed E-state index contributed by atoms with van der Waals surface area (Å²) >= 11 is 5.40. The largest absolute Gasteiger partial charge is 0.496 e. The van der Waals surface area contributed by atoms with Gasteiger partial charge in [-0.15, -0.1) is 0 Å². The second kappa shape index (κ2) is 5.50. The highest BCUT2D eigenvalue weighted by atomic mass is 79.9. The van der Waals surface area contributed by atoms with Gasteiger partial charge in [0.25, 0.3) is 0 Å². The molecule has 0 aliphatic carbocycles. The first-order valence-corrected chi connectivity index (χ1v) is 7.40. The van der Waals surface area contributed by atoms with Crippen molar-refractivity contribution >= 4 is 27.7 Å². The summed E-state index contributed by atoms with van der Waals surface area (Å²) < 4.78 is 11.8. The number of hydrogen-bond acceptors (Lipinski definition) is 4. The molecular weight excluding hydrogens is 302 g/mol. The van der Waals surface area contributed by atoms with E-state index >= 15 is 0 Å². The molecule has 94 valence electrons. The SMILES string of the molecule is COc1cc(Br)c(OC)c2c1CSCCC2N. The zero-order chi connectivity index (χ0) is 12.4. The normalized spacial score (nSPS) is 19.4. The Morgan fingerprint density at radius 2 is 2.18 bits per heavy atom. The Morgan fingerprint density at radius 1 is 1.41 bits per heavy atom. The molecule has 0 aromatic heterocycles. The average molecular weight is 318 g/mol. The summed E-state index contributed by atoms with van der Waals surface area (Å²) in [6.07, 6.45) is 0.966. The summed E-state index contributed by atoms with van der Waals surface area (Å²) in [7, 11) is 3.37. The molecular formula is C12H16BrNO2S. The van der Waals surface area contributed by atoms with E-state index in [0.717, 1.165) is 39.5 Å². The number of halogens is 1. The fourth-order valence-electron chi connectivity index (χ4n) is 2.13. The molecule has 0 fully saturated rings. The molecule has 1 unspecified atom stereocenters. The van der Waals surface area contributed by atoms with Crippen LogP contribution in [-0.4, -0.2) is 20.0 Å². The van der Waals surface area contributed by atoms with Gasteiger partial charge in [0, 0.05) is 22.9 Å². The van der Waals surface area contributed by atoms with E-state index in [1.807, 2.05) is 17.8 Å². The fourth-order valence-corrected chi connectivity index (χ4v) is 3.78. The van der Waals surface area contributed by atoms with Crippen LogP contribution >= 0.6 is 27.7 Å². The van der Waals surface area contributed by atoms with Gasteiger partial charge in [-0.2, -0.15) is 11.8 Å². The molecule has 1 aromatic carbocycles. The summed E-state index contributed by atoms with van der Waals surface area (Å²) in [5.74, 6) is 3.73. The van der Waals surface area contributed by atoms with E-state index in [0.29, 0.717) is 0 Å². The number of hydrogen-bond donors (Lipinski definition) is 1. The van der Waals surface area contributed by atoms with Gasteiger partial charge in [-0.1, -0.05) is 0 Å². The maximum absolute atomic E-state index is 6.25. The fraction of sp³-hybridized carbons (Fsp3) is 0.500. The Bertz CT molecular complexity index is 425. The third-order valence-electron chi connectivity index (χ3n) is 2.96. The van der Waals surface area contributed by atoms with Crippen LogP contribution in [0.15, 0.2) is 10.5 Å². The molecule has 0 radical (unpaired) electrons. The zero-order valence-electron chi connectivity index (χ0n) is 9.96. The third kappa shape index (κ3) is 2.41. The highest BCUT2D eigenvalue weighted by Crippen LogP contribution is 2.44. The van der Waals surface area contributed by atoms with Crippen LogP contribution < -0.4 is 15.2 Å². The van der Waals surface area contributed by atoms with E-state index in [1.54, 1.807) is 14.2 Å². The van der Waals surface area contributed by atoms with Gasteiger partial charge in [0.2, 0.25) is 0 Å². The molecule has 2 N–H and O–H groups in total. The highest BCUT2D eigenvalue weighted by molar-refractivity contribution is 9.10. The van der Waals surface area contributed by atoms with Gasteiger partial charge in [0.15, 0.2) is 0 Å². The molecule has 1 atom stereocenters. The van der Waals surface area contributed by atoms with Crippen molar-refractivity contribution in [1.82, 2.24) is 0 Å². The molecule has 3 nitrogen and oxygen atoms in total.